The number of carbonyl (C=O) groups excluding carboxylic acids is 3. The minimum atomic E-state index is -0.972. The molecular weight excluding hydrogens is 294 g/mol. The van der Waals surface area contributed by atoms with Crippen LogP contribution in [0.15, 0.2) is 30.5 Å². The molecule has 6 heteroatoms. The van der Waals surface area contributed by atoms with Gasteiger partial charge in [0.25, 0.3) is 0 Å². The number of hydrogen-bond acceptors (Lipinski definition) is 3. The van der Waals surface area contributed by atoms with E-state index in [1.807, 2.05) is 30.5 Å². The van der Waals surface area contributed by atoms with Crippen molar-refractivity contribution in [3.63, 3.8) is 0 Å². The Bertz CT molecular complexity index is 734. The predicted molar refractivity (Wildman–Crippen MR) is 87.9 cm³/mol. The van der Waals surface area contributed by atoms with Crippen LogP contribution in [-0.2, 0) is 20.8 Å². The van der Waals surface area contributed by atoms with Crippen LogP contribution in [0.3, 0.4) is 0 Å². The number of carbonyl (C=O) groups is 3. The van der Waals surface area contributed by atoms with Crippen molar-refractivity contribution in [2.24, 2.45) is 0 Å². The quantitative estimate of drug-likeness (QED) is 0.673. The second kappa shape index (κ2) is 6.64. The molecule has 0 saturated heterocycles. The molecule has 0 saturated carbocycles. The predicted octanol–water partition coefficient (Wildman–Crippen LogP) is 1.31. The van der Waals surface area contributed by atoms with E-state index in [4.69, 9.17) is 0 Å². The van der Waals surface area contributed by atoms with Crippen molar-refractivity contribution >= 4 is 29.0 Å². The Morgan fingerprint density at radius 2 is 2.00 bits per heavy atom. The van der Waals surface area contributed by atoms with E-state index in [9.17, 15) is 14.4 Å². The first-order valence-electron chi connectivity index (χ1n) is 7.43. The van der Waals surface area contributed by atoms with Crippen LogP contribution in [0.2, 0.25) is 0 Å². The average Bonchev–Trinajstić information content (AvgIpc) is 2.89. The molecule has 2 amide bonds. The lowest BCUT2D eigenvalue weighted by molar-refractivity contribution is -0.131. The van der Waals surface area contributed by atoms with Crippen LogP contribution in [0.1, 0.15) is 26.3 Å². The second-order valence-electron chi connectivity index (χ2n) is 6.07. The molecule has 1 unspecified atom stereocenters. The van der Waals surface area contributed by atoms with Gasteiger partial charge in [-0.25, -0.2) is 0 Å². The fourth-order valence-corrected chi connectivity index (χ4v) is 2.31. The highest BCUT2D eigenvalue weighted by Gasteiger charge is 2.29. The first-order chi connectivity index (χ1) is 10.8. The van der Waals surface area contributed by atoms with Gasteiger partial charge in [-0.2, -0.15) is 0 Å². The summed E-state index contributed by atoms with van der Waals surface area (Å²) in [6, 6.07) is 6.99. The van der Waals surface area contributed by atoms with E-state index < -0.39 is 11.6 Å². The van der Waals surface area contributed by atoms with Crippen LogP contribution in [0.4, 0.5) is 0 Å². The number of aromatic nitrogens is 1. The third-order valence-electron chi connectivity index (χ3n) is 4.00. The number of Topliss-reactive ketones (excluding diaryl/α,β-unsaturated/α-hetero) is 1. The number of para-hydroxylation sites is 1. The number of hydrogen-bond donors (Lipinski definition) is 3. The summed E-state index contributed by atoms with van der Waals surface area (Å²) in [7, 11) is 0. The third-order valence-corrected chi connectivity index (χ3v) is 4.00. The van der Waals surface area contributed by atoms with Crippen LogP contribution in [0, 0.1) is 0 Å². The normalized spacial score (nSPS) is 12.7. The minimum Gasteiger partial charge on any atom is -0.361 e. The van der Waals surface area contributed by atoms with Gasteiger partial charge in [0.1, 0.15) is 6.04 Å². The van der Waals surface area contributed by atoms with E-state index in [2.05, 4.69) is 15.6 Å². The molecule has 0 aliphatic heterocycles. The van der Waals surface area contributed by atoms with Gasteiger partial charge in [0.15, 0.2) is 5.78 Å². The molecule has 0 spiro atoms. The van der Waals surface area contributed by atoms with Gasteiger partial charge in [0, 0.05) is 23.5 Å². The number of benzene rings is 1. The summed E-state index contributed by atoms with van der Waals surface area (Å²) in [5.74, 6) is -0.537. The zero-order chi connectivity index (χ0) is 17.0. The van der Waals surface area contributed by atoms with E-state index in [1.165, 1.54) is 6.92 Å². The maximum Gasteiger partial charge on any atom is 0.243 e. The largest absolute Gasteiger partial charge is 0.361 e. The molecule has 122 valence electrons. The number of aromatic amines is 1. The number of rotatable bonds is 7. The van der Waals surface area contributed by atoms with Gasteiger partial charge in [-0.3, -0.25) is 14.4 Å². The SMILES string of the molecule is CC(=O)C(C)(C)NC(=O)C(Cc1c[nH]c2ccccc12)NC=O. The Morgan fingerprint density at radius 3 is 2.65 bits per heavy atom. The van der Waals surface area contributed by atoms with Crippen molar-refractivity contribution in [2.45, 2.75) is 38.8 Å². The highest BCUT2D eigenvalue weighted by molar-refractivity contribution is 5.93. The van der Waals surface area contributed by atoms with Crippen molar-refractivity contribution in [1.29, 1.82) is 0 Å². The van der Waals surface area contributed by atoms with Gasteiger partial charge in [-0.05, 0) is 32.4 Å². The average molecular weight is 315 g/mol. The summed E-state index contributed by atoms with van der Waals surface area (Å²) < 4.78 is 0. The first-order valence-corrected chi connectivity index (χ1v) is 7.43. The van der Waals surface area contributed by atoms with E-state index in [0.717, 1.165) is 16.5 Å². The molecule has 1 atom stereocenters. The van der Waals surface area contributed by atoms with Crippen LogP contribution < -0.4 is 10.6 Å². The van der Waals surface area contributed by atoms with E-state index in [0.29, 0.717) is 12.8 Å². The topological polar surface area (TPSA) is 91.1 Å². The lowest BCUT2D eigenvalue weighted by Gasteiger charge is -2.26. The van der Waals surface area contributed by atoms with Crippen LogP contribution in [-0.4, -0.2) is 34.7 Å². The number of nitrogens with one attached hydrogen (secondary N) is 3. The number of amides is 2. The van der Waals surface area contributed by atoms with Crippen molar-refractivity contribution in [3.05, 3.63) is 36.0 Å². The van der Waals surface area contributed by atoms with Crippen molar-refractivity contribution in [2.75, 3.05) is 0 Å². The molecule has 2 rings (SSSR count). The number of ketones is 1. The Kier molecular flexibility index (Phi) is 4.83. The van der Waals surface area contributed by atoms with Gasteiger partial charge < -0.3 is 15.6 Å². The van der Waals surface area contributed by atoms with Crippen LogP contribution >= 0.6 is 0 Å². The standard InChI is InChI=1S/C17H21N3O3/c1-11(22)17(2,3)20-16(23)15(19-10-21)8-12-9-18-14-7-5-4-6-13(12)14/h4-7,9-10,15,18H,8H2,1-3H3,(H,19,21)(H,20,23). The molecule has 0 aliphatic rings. The van der Waals surface area contributed by atoms with E-state index in [1.54, 1.807) is 13.8 Å². The smallest absolute Gasteiger partial charge is 0.243 e. The van der Waals surface area contributed by atoms with Crippen LogP contribution in [0.25, 0.3) is 10.9 Å². The van der Waals surface area contributed by atoms with Gasteiger partial charge in [-0.1, -0.05) is 18.2 Å². The molecule has 6 nitrogen and oxygen atoms in total. The lowest BCUT2D eigenvalue weighted by Crippen LogP contribution is -2.55. The molecule has 0 radical (unpaired) electrons. The monoisotopic (exact) mass is 315 g/mol. The molecule has 23 heavy (non-hydrogen) atoms. The minimum absolute atomic E-state index is 0.150. The maximum absolute atomic E-state index is 12.4. The molecule has 0 fully saturated rings. The zero-order valence-electron chi connectivity index (χ0n) is 13.5. The molecule has 3 N–H and O–H groups in total. The highest BCUT2D eigenvalue weighted by Crippen LogP contribution is 2.19. The van der Waals surface area contributed by atoms with E-state index in [-0.39, 0.29) is 11.7 Å². The molecule has 0 aliphatic carbocycles. The molecule has 2 aromatic rings. The summed E-state index contributed by atoms with van der Waals surface area (Å²) in [6.45, 7) is 4.69. The Balaban J connectivity index is 2.20. The highest BCUT2D eigenvalue weighted by atomic mass is 16.2. The van der Waals surface area contributed by atoms with Gasteiger partial charge in [0.2, 0.25) is 12.3 Å². The van der Waals surface area contributed by atoms with E-state index >= 15 is 0 Å². The molecule has 1 heterocycles. The number of fused-ring (bicyclic) bond motifs is 1. The maximum atomic E-state index is 12.4. The molecular formula is C17H21N3O3. The summed E-state index contributed by atoms with van der Waals surface area (Å²) in [5, 5.41) is 6.21. The Morgan fingerprint density at radius 1 is 1.30 bits per heavy atom. The Labute approximate surface area is 134 Å². The first kappa shape index (κ1) is 16.7. The van der Waals surface area contributed by atoms with Crippen LogP contribution in [0.5, 0.6) is 0 Å². The third kappa shape index (κ3) is 3.77. The molecule has 0 bridgehead atoms. The second-order valence-corrected chi connectivity index (χ2v) is 6.07. The van der Waals surface area contributed by atoms with Gasteiger partial charge >= 0.3 is 0 Å². The van der Waals surface area contributed by atoms with Crippen molar-refractivity contribution in [3.8, 4) is 0 Å². The fraction of sp³-hybridized carbons (Fsp3) is 0.353. The van der Waals surface area contributed by atoms with Gasteiger partial charge in [0.05, 0.1) is 5.54 Å². The van der Waals surface area contributed by atoms with Gasteiger partial charge in [-0.15, -0.1) is 0 Å². The molecule has 1 aromatic carbocycles. The van der Waals surface area contributed by atoms with Crippen molar-refractivity contribution < 1.29 is 14.4 Å². The summed E-state index contributed by atoms with van der Waals surface area (Å²) >= 11 is 0. The summed E-state index contributed by atoms with van der Waals surface area (Å²) in [4.78, 5) is 38.0. The Hall–Kier alpha value is -2.63. The fourth-order valence-electron chi connectivity index (χ4n) is 2.31. The number of H-pyrrole nitrogens is 1. The van der Waals surface area contributed by atoms with Crippen molar-refractivity contribution in [1.82, 2.24) is 15.6 Å². The lowest BCUT2D eigenvalue weighted by atomic mass is 9.98. The summed E-state index contributed by atoms with van der Waals surface area (Å²) in [6.07, 6.45) is 2.66. The summed E-state index contributed by atoms with van der Waals surface area (Å²) in [5.41, 5.74) is 0.924. The molecule has 1 aromatic heterocycles. The zero-order valence-corrected chi connectivity index (χ0v) is 13.5.